The number of hydrogen-bond donors (Lipinski definition) is 1. The average molecular weight is 351 g/mol. The standard InChI is InChI=1S/C19H21N5O2/c1-22-10-14(9-21-22)17-12-23(11-15(17)13-25)19(26)18-7-8-20-24(18)16-5-3-2-4-6-16/h2-10,15,17,25H,11-13H2,1H3/t15-,17-/m0/s1. The molecule has 1 N–H and O–H groups in total. The largest absolute Gasteiger partial charge is 0.396 e. The van der Waals surface area contributed by atoms with Gasteiger partial charge in [0, 0.05) is 44.8 Å². The number of rotatable bonds is 4. The topological polar surface area (TPSA) is 76.2 Å². The Hall–Kier alpha value is -2.93. The van der Waals surface area contributed by atoms with Crippen LogP contribution in [0.25, 0.3) is 5.69 Å². The van der Waals surface area contributed by atoms with E-state index in [0.29, 0.717) is 18.8 Å². The number of aryl methyl sites for hydroxylation is 1. The van der Waals surface area contributed by atoms with Gasteiger partial charge in [-0.1, -0.05) is 18.2 Å². The van der Waals surface area contributed by atoms with E-state index in [2.05, 4.69) is 10.2 Å². The fraction of sp³-hybridized carbons (Fsp3) is 0.316. The van der Waals surface area contributed by atoms with Crippen LogP contribution in [0.1, 0.15) is 22.0 Å². The summed E-state index contributed by atoms with van der Waals surface area (Å²) in [6, 6.07) is 11.3. The van der Waals surface area contributed by atoms with Crippen LogP contribution in [-0.2, 0) is 7.05 Å². The number of aliphatic hydroxyl groups excluding tert-OH is 1. The van der Waals surface area contributed by atoms with Crippen LogP contribution < -0.4 is 0 Å². The van der Waals surface area contributed by atoms with Gasteiger partial charge in [0.05, 0.1) is 18.1 Å². The number of para-hydroxylation sites is 1. The molecule has 1 aliphatic heterocycles. The molecule has 0 unspecified atom stereocenters. The Balaban J connectivity index is 1.59. The van der Waals surface area contributed by atoms with E-state index in [1.807, 2.05) is 49.8 Å². The minimum atomic E-state index is -0.0730. The predicted octanol–water partition coefficient (Wildman–Crippen LogP) is 1.45. The number of benzene rings is 1. The van der Waals surface area contributed by atoms with E-state index in [9.17, 15) is 9.90 Å². The van der Waals surface area contributed by atoms with Gasteiger partial charge < -0.3 is 10.0 Å². The number of amides is 1. The summed E-state index contributed by atoms with van der Waals surface area (Å²) in [7, 11) is 1.87. The number of hydrogen-bond acceptors (Lipinski definition) is 4. The summed E-state index contributed by atoms with van der Waals surface area (Å²) >= 11 is 0. The number of aliphatic hydroxyl groups is 1. The summed E-state index contributed by atoms with van der Waals surface area (Å²) < 4.78 is 3.41. The minimum Gasteiger partial charge on any atom is -0.396 e. The molecule has 4 rings (SSSR count). The van der Waals surface area contributed by atoms with Gasteiger partial charge in [0.2, 0.25) is 0 Å². The maximum Gasteiger partial charge on any atom is 0.272 e. The van der Waals surface area contributed by atoms with Crippen molar-refractivity contribution in [1.29, 1.82) is 0 Å². The second-order valence-corrected chi connectivity index (χ2v) is 6.67. The number of nitrogens with zero attached hydrogens (tertiary/aromatic N) is 5. The van der Waals surface area contributed by atoms with Gasteiger partial charge in [-0.15, -0.1) is 0 Å². The van der Waals surface area contributed by atoms with Gasteiger partial charge >= 0.3 is 0 Å². The Bertz CT molecular complexity index is 902. The first-order valence-electron chi connectivity index (χ1n) is 8.65. The highest BCUT2D eigenvalue weighted by Gasteiger charge is 2.37. The molecule has 2 aromatic heterocycles. The van der Waals surface area contributed by atoms with Crippen LogP contribution in [0.15, 0.2) is 55.0 Å². The lowest BCUT2D eigenvalue weighted by Crippen LogP contribution is -2.31. The lowest BCUT2D eigenvalue weighted by Gasteiger charge is -2.17. The van der Waals surface area contributed by atoms with Crippen molar-refractivity contribution >= 4 is 5.91 Å². The normalized spacial score (nSPS) is 19.8. The van der Waals surface area contributed by atoms with Crippen molar-refractivity contribution < 1.29 is 9.90 Å². The van der Waals surface area contributed by atoms with Crippen molar-refractivity contribution in [3.8, 4) is 5.69 Å². The van der Waals surface area contributed by atoms with Gasteiger partial charge in [0.25, 0.3) is 5.91 Å². The molecule has 3 aromatic rings. The number of carbonyl (C=O) groups excluding carboxylic acids is 1. The lowest BCUT2D eigenvalue weighted by molar-refractivity contribution is 0.0772. The third-order valence-electron chi connectivity index (χ3n) is 4.98. The molecule has 0 bridgehead atoms. The van der Waals surface area contributed by atoms with Gasteiger partial charge in [-0.05, 0) is 23.8 Å². The SMILES string of the molecule is Cn1cc([C@@H]2CN(C(=O)c3ccnn3-c3ccccc3)C[C@H]2CO)cn1. The zero-order valence-corrected chi connectivity index (χ0v) is 14.6. The van der Waals surface area contributed by atoms with Gasteiger partial charge in [-0.25, -0.2) is 4.68 Å². The Morgan fingerprint density at radius 3 is 2.69 bits per heavy atom. The van der Waals surface area contributed by atoms with Crippen molar-refractivity contribution in [2.24, 2.45) is 13.0 Å². The molecular weight excluding hydrogens is 330 g/mol. The average Bonchev–Trinajstić information content (AvgIpc) is 3.40. The van der Waals surface area contributed by atoms with E-state index in [-0.39, 0.29) is 24.3 Å². The summed E-state index contributed by atoms with van der Waals surface area (Å²) in [4.78, 5) is 14.9. The number of aromatic nitrogens is 4. The first kappa shape index (κ1) is 16.5. The molecule has 0 aliphatic carbocycles. The third kappa shape index (κ3) is 2.90. The van der Waals surface area contributed by atoms with Crippen molar-refractivity contribution in [1.82, 2.24) is 24.5 Å². The van der Waals surface area contributed by atoms with Crippen LogP contribution in [0.4, 0.5) is 0 Å². The molecule has 134 valence electrons. The fourth-order valence-electron chi connectivity index (χ4n) is 3.63. The highest BCUT2D eigenvalue weighted by atomic mass is 16.3. The zero-order valence-electron chi connectivity index (χ0n) is 14.6. The van der Waals surface area contributed by atoms with Crippen LogP contribution in [0.5, 0.6) is 0 Å². The molecule has 26 heavy (non-hydrogen) atoms. The second kappa shape index (κ2) is 6.76. The highest BCUT2D eigenvalue weighted by molar-refractivity contribution is 5.93. The van der Waals surface area contributed by atoms with Gasteiger partial charge in [-0.3, -0.25) is 9.48 Å². The molecule has 0 spiro atoms. The Labute approximate surface area is 151 Å². The highest BCUT2D eigenvalue weighted by Crippen LogP contribution is 2.33. The van der Waals surface area contributed by atoms with Crippen molar-refractivity contribution in [3.63, 3.8) is 0 Å². The van der Waals surface area contributed by atoms with E-state index in [0.717, 1.165) is 11.3 Å². The fourth-order valence-corrected chi connectivity index (χ4v) is 3.63. The Morgan fingerprint density at radius 1 is 1.19 bits per heavy atom. The monoisotopic (exact) mass is 351 g/mol. The molecule has 2 atom stereocenters. The maximum atomic E-state index is 13.1. The number of likely N-dealkylation sites (tertiary alicyclic amines) is 1. The predicted molar refractivity (Wildman–Crippen MR) is 96.0 cm³/mol. The molecule has 0 radical (unpaired) electrons. The third-order valence-corrected chi connectivity index (χ3v) is 4.98. The van der Waals surface area contributed by atoms with Gasteiger partial charge in [-0.2, -0.15) is 10.2 Å². The molecular formula is C19H21N5O2. The van der Waals surface area contributed by atoms with Crippen LogP contribution in [0.2, 0.25) is 0 Å². The quantitative estimate of drug-likeness (QED) is 0.772. The van der Waals surface area contributed by atoms with Crippen molar-refractivity contribution in [2.75, 3.05) is 19.7 Å². The van der Waals surface area contributed by atoms with Crippen LogP contribution in [-0.4, -0.2) is 55.2 Å². The maximum absolute atomic E-state index is 13.1. The van der Waals surface area contributed by atoms with Gasteiger partial charge in [0.1, 0.15) is 5.69 Å². The first-order valence-corrected chi connectivity index (χ1v) is 8.65. The summed E-state index contributed by atoms with van der Waals surface area (Å²) in [6.07, 6.45) is 5.41. The van der Waals surface area contributed by atoms with Crippen molar-refractivity contribution in [3.05, 3.63) is 66.2 Å². The molecule has 1 aliphatic rings. The van der Waals surface area contributed by atoms with Crippen molar-refractivity contribution in [2.45, 2.75) is 5.92 Å². The Morgan fingerprint density at radius 2 is 2.00 bits per heavy atom. The lowest BCUT2D eigenvalue weighted by atomic mass is 9.92. The molecule has 1 aromatic carbocycles. The van der Waals surface area contributed by atoms with Gasteiger partial charge in [0.15, 0.2) is 0 Å². The smallest absolute Gasteiger partial charge is 0.272 e. The van der Waals surface area contributed by atoms with Crippen LogP contribution >= 0.6 is 0 Å². The second-order valence-electron chi connectivity index (χ2n) is 6.67. The summed E-state index contributed by atoms with van der Waals surface area (Å²) in [5, 5.41) is 18.3. The Kier molecular flexibility index (Phi) is 4.30. The van der Waals surface area contributed by atoms with Crippen LogP contribution in [0.3, 0.4) is 0 Å². The first-order chi connectivity index (χ1) is 12.7. The van der Waals surface area contributed by atoms with Crippen LogP contribution in [0, 0.1) is 5.92 Å². The molecule has 1 saturated heterocycles. The summed E-state index contributed by atoms with van der Waals surface area (Å²) in [6.45, 7) is 1.13. The van der Waals surface area contributed by atoms with E-state index < -0.39 is 0 Å². The molecule has 0 saturated carbocycles. The molecule has 7 nitrogen and oxygen atoms in total. The summed E-state index contributed by atoms with van der Waals surface area (Å²) in [5.74, 6) is 0.0261. The molecule has 1 fully saturated rings. The summed E-state index contributed by atoms with van der Waals surface area (Å²) in [5.41, 5.74) is 2.43. The zero-order chi connectivity index (χ0) is 18.1. The number of carbonyl (C=O) groups is 1. The molecule has 7 heteroatoms. The van der Waals surface area contributed by atoms with E-state index in [1.54, 1.807) is 26.5 Å². The molecule has 3 heterocycles. The minimum absolute atomic E-state index is 0.0104. The molecule has 1 amide bonds. The van der Waals surface area contributed by atoms with E-state index >= 15 is 0 Å². The van der Waals surface area contributed by atoms with E-state index in [1.165, 1.54) is 0 Å². The van der Waals surface area contributed by atoms with E-state index in [4.69, 9.17) is 0 Å².